The molecule has 2 amide bonds. The Morgan fingerprint density at radius 3 is 2.32 bits per heavy atom. The van der Waals surface area contributed by atoms with Crippen LogP contribution in [0.25, 0.3) is 0 Å². The monoisotopic (exact) mass is 281 g/mol. The quantitative estimate of drug-likeness (QED) is 0.518. The summed E-state index contributed by atoms with van der Waals surface area (Å²) in [5, 5.41) is 0.444. The van der Waals surface area contributed by atoms with E-state index in [4.69, 9.17) is 4.74 Å². The maximum absolute atomic E-state index is 11.3. The third-order valence-corrected chi connectivity index (χ3v) is 2.76. The Hall–Kier alpha value is -2.02. The van der Waals surface area contributed by atoms with Gasteiger partial charge >= 0.3 is 6.16 Å². The number of rotatable bonds is 3. The van der Waals surface area contributed by atoms with Crippen LogP contribution in [0, 0.1) is 0 Å². The van der Waals surface area contributed by atoms with Gasteiger partial charge in [-0.3, -0.25) is 14.4 Å². The van der Waals surface area contributed by atoms with Crippen LogP contribution in [0.4, 0.5) is 4.79 Å². The molecule has 6 nitrogen and oxygen atoms in total. The van der Waals surface area contributed by atoms with Crippen molar-refractivity contribution in [3.63, 3.8) is 0 Å². The van der Waals surface area contributed by atoms with Crippen LogP contribution >= 0.6 is 12.6 Å². The highest BCUT2D eigenvalue weighted by molar-refractivity contribution is 7.80. The Labute approximate surface area is 114 Å². The average molecular weight is 281 g/mol. The van der Waals surface area contributed by atoms with Crippen LogP contribution in [-0.4, -0.2) is 23.0 Å². The van der Waals surface area contributed by atoms with E-state index >= 15 is 0 Å². The summed E-state index contributed by atoms with van der Waals surface area (Å²) < 4.78 is 4.79. The molecule has 0 N–H and O–H groups in total. The molecule has 1 fully saturated rings. The minimum Gasteiger partial charge on any atom is -0.428 e. The fourth-order valence-electron chi connectivity index (χ4n) is 1.49. The van der Waals surface area contributed by atoms with Crippen molar-refractivity contribution < 1.29 is 24.0 Å². The van der Waals surface area contributed by atoms with Crippen LogP contribution in [0.1, 0.15) is 18.4 Å². The summed E-state index contributed by atoms with van der Waals surface area (Å²) >= 11 is 4.12. The maximum Gasteiger partial charge on any atom is 0.534 e. The van der Waals surface area contributed by atoms with Gasteiger partial charge in [0, 0.05) is 17.7 Å². The van der Waals surface area contributed by atoms with Gasteiger partial charge in [0.1, 0.15) is 6.61 Å². The van der Waals surface area contributed by atoms with E-state index in [0.29, 0.717) is 5.06 Å². The van der Waals surface area contributed by atoms with E-state index in [2.05, 4.69) is 17.5 Å². The minimum absolute atomic E-state index is 0.0108. The minimum atomic E-state index is -1.08. The highest BCUT2D eigenvalue weighted by atomic mass is 32.1. The van der Waals surface area contributed by atoms with Crippen LogP contribution in [0.2, 0.25) is 0 Å². The van der Waals surface area contributed by atoms with Gasteiger partial charge in [-0.15, -0.1) is 12.6 Å². The number of carbonyl (C=O) groups excluding carboxylic acids is 3. The van der Waals surface area contributed by atoms with Crippen molar-refractivity contribution in [1.82, 2.24) is 5.06 Å². The molecule has 1 aliphatic heterocycles. The molecule has 0 atom stereocenters. The van der Waals surface area contributed by atoms with Crippen molar-refractivity contribution in [2.45, 2.75) is 24.3 Å². The summed E-state index contributed by atoms with van der Waals surface area (Å²) in [6.45, 7) is -0.0108. The number of nitrogens with zero attached hydrogens (tertiary/aromatic N) is 1. The lowest BCUT2D eigenvalue weighted by atomic mass is 10.2. The van der Waals surface area contributed by atoms with Crippen LogP contribution < -0.4 is 0 Å². The molecule has 1 saturated heterocycles. The molecular weight excluding hydrogens is 270 g/mol. The van der Waals surface area contributed by atoms with E-state index in [-0.39, 0.29) is 19.4 Å². The van der Waals surface area contributed by atoms with Crippen LogP contribution in [-0.2, 0) is 25.8 Å². The lowest BCUT2D eigenvalue weighted by Gasteiger charge is -2.12. The molecular formula is C12H11NO5S. The smallest absolute Gasteiger partial charge is 0.428 e. The SMILES string of the molecule is O=C(OCc1ccc(S)cc1)ON1C(=O)CCC1=O. The van der Waals surface area contributed by atoms with Gasteiger partial charge in [0.15, 0.2) is 0 Å². The Balaban J connectivity index is 1.83. The second kappa shape index (κ2) is 5.75. The number of benzene rings is 1. The molecule has 0 bridgehead atoms. The molecule has 0 radical (unpaired) electrons. The molecule has 0 aliphatic carbocycles. The topological polar surface area (TPSA) is 72.9 Å². The van der Waals surface area contributed by atoms with E-state index < -0.39 is 18.0 Å². The van der Waals surface area contributed by atoms with Gasteiger partial charge in [-0.1, -0.05) is 17.2 Å². The van der Waals surface area contributed by atoms with Crippen LogP contribution in [0.5, 0.6) is 0 Å². The summed E-state index contributed by atoms with van der Waals surface area (Å²) in [4.78, 5) is 39.0. The summed E-state index contributed by atoms with van der Waals surface area (Å²) in [5.41, 5.74) is 0.744. The number of hydrogen-bond donors (Lipinski definition) is 1. The molecule has 1 aromatic rings. The molecule has 0 spiro atoms. The predicted octanol–water partition coefficient (Wildman–Crippen LogP) is 1.69. The predicted molar refractivity (Wildman–Crippen MR) is 66.1 cm³/mol. The number of hydrogen-bond acceptors (Lipinski definition) is 6. The highest BCUT2D eigenvalue weighted by Crippen LogP contribution is 2.13. The molecule has 1 heterocycles. The molecule has 1 aromatic carbocycles. The Morgan fingerprint density at radius 1 is 1.16 bits per heavy atom. The summed E-state index contributed by atoms with van der Waals surface area (Å²) in [6, 6.07) is 6.98. The van der Waals surface area contributed by atoms with Gasteiger partial charge in [-0.2, -0.15) is 0 Å². The van der Waals surface area contributed by atoms with Gasteiger partial charge in [-0.05, 0) is 17.7 Å². The number of ether oxygens (including phenoxy) is 1. The largest absolute Gasteiger partial charge is 0.534 e. The number of imide groups is 1. The lowest BCUT2D eigenvalue weighted by Crippen LogP contribution is -2.32. The number of thiol groups is 1. The van der Waals surface area contributed by atoms with Gasteiger partial charge < -0.3 is 4.74 Å². The second-order valence-corrected chi connectivity index (χ2v) is 4.39. The summed E-state index contributed by atoms with van der Waals surface area (Å²) in [7, 11) is 0. The van der Waals surface area contributed by atoms with Crippen molar-refractivity contribution >= 4 is 30.6 Å². The normalized spacial score (nSPS) is 14.7. The van der Waals surface area contributed by atoms with E-state index in [1.165, 1.54) is 0 Å². The van der Waals surface area contributed by atoms with Crippen molar-refractivity contribution in [3.05, 3.63) is 29.8 Å². The van der Waals surface area contributed by atoms with Gasteiger partial charge in [0.05, 0.1) is 0 Å². The highest BCUT2D eigenvalue weighted by Gasteiger charge is 2.33. The van der Waals surface area contributed by atoms with Crippen LogP contribution in [0.15, 0.2) is 29.2 Å². The fourth-order valence-corrected chi connectivity index (χ4v) is 1.64. The third-order valence-electron chi connectivity index (χ3n) is 2.46. The fraction of sp³-hybridized carbons (Fsp3) is 0.250. The summed E-state index contributed by atoms with van der Waals surface area (Å²) in [6.07, 6.45) is -0.982. The number of carbonyl (C=O) groups is 3. The standard InChI is InChI=1S/C12H11NO5S/c14-10-5-6-11(15)13(10)18-12(16)17-7-8-1-3-9(19)4-2-8/h1-4,19H,5-7H2. The van der Waals surface area contributed by atoms with Crippen LogP contribution in [0.3, 0.4) is 0 Å². The maximum atomic E-state index is 11.3. The van der Waals surface area contributed by atoms with Gasteiger partial charge in [-0.25, -0.2) is 4.79 Å². The molecule has 19 heavy (non-hydrogen) atoms. The first kappa shape index (κ1) is 13.4. The molecule has 7 heteroatoms. The van der Waals surface area contributed by atoms with Crippen molar-refractivity contribution in [1.29, 1.82) is 0 Å². The van der Waals surface area contributed by atoms with E-state index in [0.717, 1.165) is 10.5 Å². The molecule has 0 unspecified atom stereocenters. The average Bonchev–Trinajstić information content (AvgIpc) is 2.70. The molecule has 2 rings (SSSR count). The third kappa shape index (κ3) is 3.47. The Morgan fingerprint density at radius 2 is 1.74 bits per heavy atom. The zero-order chi connectivity index (χ0) is 13.8. The van der Waals surface area contributed by atoms with Crippen molar-refractivity contribution in [2.75, 3.05) is 0 Å². The number of hydroxylamine groups is 2. The molecule has 100 valence electrons. The molecule has 1 aliphatic rings. The van der Waals surface area contributed by atoms with Crippen molar-refractivity contribution in [2.24, 2.45) is 0 Å². The van der Waals surface area contributed by atoms with E-state index in [9.17, 15) is 14.4 Å². The Kier molecular flexibility index (Phi) is 4.06. The first-order chi connectivity index (χ1) is 9.06. The zero-order valence-corrected chi connectivity index (χ0v) is 10.8. The second-order valence-electron chi connectivity index (χ2n) is 3.88. The molecule has 0 saturated carbocycles. The zero-order valence-electron chi connectivity index (χ0n) is 9.87. The Bertz CT molecular complexity index is 497. The lowest BCUT2D eigenvalue weighted by molar-refractivity contribution is -0.177. The van der Waals surface area contributed by atoms with Gasteiger partial charge in [0.25, 0.3) is 11.8 Å². The van der Waals surface area contributed by atoms with E-state index in [1.807, 2.05) is 0 Å². The molecule has 0 aromatic heterocycles. The number of amides is 2. The first-order valence-electron chi connectivity index (χ1n) is 5.54. The van der Waals surface area contributed by atoms with Crippen molar-refractivity contribution in [3.8, 4) is 0 Å². The van der Waals surface area contributed by atoms with Gasteiger partial charge in [0.2, 0.25) is 0 Å². The van der Waals surface area contributed by atoms with E-state index in [1.54, 1.807) is 24.3 Å². The first-order valence-corrected chi connectivity index (χ1v) is 5.99. The summed E-state index contributed by atoms with van der Waals surface area (Å²) in [5.74, 6) is -1.08.